The van der Waals surface area contributed by atoms with Crippen LogP contribution in [0.3, 0.4) is 0 Å². The molecule has 1 aliphatic heterocycles. The van der Waals surface area contributed by atoms with E-state index in [1.165, 1.54) is 18.4 Å². The maximum atomic E-state index is 5.79. The van der Waals surface area contributed by atoms with Crippen molar-refractivity contribution in [3.05, 3.63) is 60.2 Å². The Kier molecular flexibility index (Phi) is 6.56. The third-order valence-corrected chi connectivity index (χ3v) is 3.69. The summed E-state index contributed by atoms with van der Waals surface area (Å²) in [5.41, 5.74) is 1.17. The van der Waals surface area contributed by atoms with Crippen molar-refractivity contribution in [3.8, 4) is 11.5 Å². The second-order valence-electron chi connectivity index (χ2n) is 5.35. The monoisotopic (exact) mass is 319 g/mol. The van der Waals surface area contributed by atoms with E-state index in [9.17, 15) is 0 Å². The highest BCUT2D eigenvalue weighted by Gasteiger charge is 2.14. The number of ether oxygens (including phenoxy) is 2. The van der Waals surface area contributed by atoms with Gasteiger partial charge in [-0.1, -0.05) is 30.3 Å². The number of hydrogen-bond donors (Lipinski definition) is 1. The summed E-state index contributed by atoms with van der Waals surface area (Å²) in [7, 11) is 0. The van der Waals surface area contributed by atoms with Gasteiger partial charge in [-0.15, -0.1) is 0 Å². The molecule has 0 bridgehead atoms. The van der Waals surface area contributed by atoms with Gasteiger partial charge in [-0.05, 0) is 49.2 Å². The predicted molar refractivity (Wildman–Crippen MR) is 84.8 cm³/mol. The van der Waals surface area contributed by atoms with Gasteiger partial charge < -0.3 is 27.2 Å². The Morgan fingerprint density at radius 2 is 1.64 bits per heavy atom. The molecular formula is C18H22ClNO2. The van der Waals surface area contributed by atoms with Gasteiger partial charge in [-0.2, -0.15) is 0 Å². The standard InChI is InChI=1S/C18H21NO2.ClH/c1-2-5-15(6-3-1)13-20-17-8-10-18(11-9-17)21-14-16-7-4-12-19-16;/h1-3,5-6,8-11,16,19H,4,7,12-14H2;1H/t16-;/m1./s1. The predicted octanol–water partition coefficient (Wildman–Crippen LogP) is 0.513. The molecule has 0 unspecified atom stereocenters. The fraction of sp³-hybridized carbons (Fsp3) is 0.333. The first-order chi connectivity index (χ1) is 10.4. The SMILES string of the molecule is [Cl-].[H+].c1ccc(COc2ccc(OC[C@H]3CCCN3)cc2)cc1. The van der Waals surface area contributed by atoms with Gasteiger partial charge in [0, 0.05) is 6.04 Å². The molecule has 2 aromatic carbocycles. The first kappa shape index (κ1) is 16.7. The molecule has 1 fully saturated rings. The van der Waals surface area contributed by atoms with E-state index in [0.29, 0.717) is 12.6 Å². The van der Waals surface area contributed by atoms with Crippen molar-refractivity contribution < 1.29 is 23.3 Å². The van der Waals surface area contributed by atoms with E-state index in [2.05, 4.69) is 17.4 Å². The van der Waals surface area contributed by atoms with Crippen molar-refractivity contribution >= 4 is 0 Å². The Morgan fingerprint density at radius 3 is 2.27 bits per heavy atom. The van der Waals surface area contributed by atoms with Crippen molar-refractivity contribution in [2.24, 2.45) is 0 Å². The lowest BCUT2D eigenvalue weighted by molar-refractivity contribution is -0.00000500. The van der Waals surface area contributed by atoms with Gasteiger partial charge in [0.15, 0.2) is 0 Å². The van der Waals surface area contributed by atoms with Crippen molar-refractivity contribution in [2.75, 3.05) is 13.2 Å². The summed E-state index contributed by atoms with van der Waals surface area (Å²) in [6.07, 6.45) is 2.46. The van der Waals surface area contributed by atoms with Gasteiger partial charge >= 0.3 is 1.43 Å². The van der Waals surface area contributed by atoms with E-state index < -0.39 is 0 Å². The highest BCUT2D eigenvalue weighted by molar-refractivity contribution is 5.31. The van der Waals surface area contributed by atoms with Crippen LogP contribution in [0.4, 0.5) is 0 Å². The minimum atomic E-state index is 0. The van der Waals surface area contributed by atoms with Gasteiger partial charge in [0.1, 0.15) is 24.7 Å². The number of hydrogen-bond acceptors (Lipinski definition) is 3. The largest absolute Gasteiger partial charge is 1.00 e. The van der Waals surface area contributed by atoms with Crippen LogP contribution >= 0.6 is 0 Å². The second-order valence-corrected chi connectivity index (χ2v) is 5.35. The molecule has 1 heterocycles. The van der Waals surface area contributed by atoms with E-state index >= 15 is 0 Å². The highest BCUT2D eigenvalue weighted by atomic mass is 35.5. The number of rotatable bonds is 6. The number of nitrogens with one attached hydrogen (secondary N) is 1. The molecule has 22 heavy (non-hydrogen) atoms. The van der Waals surface area contributed by atoms with Gasteiger partial charge in [0.25, 0.3) is 0 Å². The number of benzene rings is 2. The highest BCUT2D eigenvalue weighted by Crippen LogP contribution is 2.19. The van der Waals surface area contributed by atoms with Crippen LogP contribution in [-0.4, -0.2) is 19.2 Å². The normalized spacial score (nSPS) is 16.8. The Bertz CT molecular complexity index is 545. The van der Waals surface area contributed by atoms with Gasteiger partial charge in [0.05, 0.1) is 0 Å². The van der Waals surface area contributed by atoms with E-state index in [1.807, 2.05) is 42.5 Å². The molecule has 0 aromatic heterocycles. The van der Waals surface area contributed by atoms with Crippen LogP contribution in [0.2, 0.25) is 0 Å². The lowest BCUT2D eigenvalue weighted by Crippen LogP contribution is -3.00. The van der Waals surface area contributed by atoms with Crippen molar-refractivity contribution in [2.45, 2.75) is 25.5 Å². The Balaban J connectivity index is 0.00000132. The molecule has 0 spiro atoms. The van der Waals surface area contributed by atoms with Crippen LogP contribution in [0.5, 0.6) is 11.5 Å². The third kappa shape index (κ3) is 4.93. The smallest absolute Gasteiger partial charge is 1.00 e. The van der Waals surface area contributed by atoms with Crippen LogP contribution in [0.15, 0.2) is 54.6 Å². The van der Waals surface area contributed by atoms with Crippen molar-refractivity contribution in [3.63, 3.8) is 0 Å². The van der Waals surface area contributed by atoms with Gasteiger partial charge in [-0.25, -0.2) is 0 Å². The quantitative estimate of drug-likeness (QED) is 0.842. The summed E-state index contributed by atoms with van der Waals surface area (Å²) in [4.78, 5) is 0. The molecule has 2 aromatic rings. The number of halogens is 1. The Labute approximate surface area is 139 Å². The molecule has 0 saturated carbocycles. The second kappa shape index (κ2) is 8.66. The average molecular weight is 320 g/mol. The maximum Gasteiger partial charge on any atom is 1.00 e. The lowest BCUT2D eigenvalue weighted by Gasteiger charge is -2.12. The van der Waals surface area contributed by atoms with E-state index in [4.69, 9.17) is 9.47 Å². The molecule has 0 amide bonds. The Hall–Kier alpha value is -1.71. The zero-order valence-corrected chi connectivity index (χ0v) is 13.3. The zero-order chi connectivity index (χ0) is 14.3. The van der Waals surface area contributed by atoms with Gasteiger partial charge in [0.2, 0.25) is 0 Å². The molecule has 3 nitrogen and oxygen atoms in total. The molecule has 1 aliphatic rings. The van der Waals surface area contributed by atoms with Crippen molar-refractivity contribution in [1.82, 2.24) is 5.32 Å². The summed E-state index contributed by atoms with van der Waals surface area (Å²) in [6, 6.07) is 18.5. The van der Waals surface area contributed by atoms with Crippen molar-refractivity contribution in [1.29, 1.82) is 0 Å². The molecule has 1 saturated heterocycles. The molecule has 1 atom stereocenters. The Morgan fingerprint density at radius 1 is 0.955 bits per heavy atom. The average Bonchev–Trinajstić information content (AvgIpc) is 3.06. The maximum absolute atomic E-state index is 5.79. The minimum absolute atomic E-state index is 0. The topological polar surface area (TPSA) is 30.5 Å². The fourth-order valence-corrected chi connectivity index (χ4v) is 2.47. The first-order valence-electron chi connectivity index (χ1n) is 7.53. The summed E-state index contributed by atoms with van der Waals surface area (Å²) in [5.74, 6) is 1.76. The summed E-state index contributed by atoms with van der Waals surface area (Å²) in [5, 5.41) is 3.43. The van der Waals surface area contributed by atoms with E-state index in [0.717, 1.165) is 24.7 Å². The van der Waals surface area contributed by atoms with Crippen LogP contribution in [0.1, 0.15) is 19.8 Å². The van der Waals surface area contributed by atoms with Crippen LogP contribution in [0.25, 0.3) is 0 Å². The van der Waals surface area contributed by atoms with Crippen LogP contribution in [-0.2, 0) is 6.61 Å². The van der Waals surface area contributed by atoms with E-state index in [-0.39, 0.29) is 13.8 Å². The van der Waals surface area contributed by atoms with Crippen LogP contribution in [0, 0.1) is 0 Å². The third-order valence-electron chi connectivity index (χ3n) is 3.69. The summed E-state index contributed by atoms with van der Waals surface area (Å²) >= 11 is 0. The molecule has 0 aliphatic carbocycles. The van der Waals surface area contributed by atoms with E-state index in [1.54, 1.807) is 0 Å². The lowest BCUT2D eigenvalue weighted by atomic mass is 10.2. The summed E-state index contributed by atoms with van der Waals surface area (Å²) in [6.45, 7) is 2.44. The molecule has 118 valence electrons. The zero-order valence-electron chi connectivity index (χ0n) is 13.5. The molecule has 1 N–H and O–H groups in total. The molecule has 4 heteroatoms. The first-order valence-corrected chi connectivity index (χ1v) is 7.53. The molecular weight excluding hydrogens is 298 g/mol. The molecule has 0 radical (unpaired) electrons. The summed E-state index contributed by atoms with van der Waals surface area (Å²) < 4.78 is 11.5. The minimum Gasteiger partial charge on any atom is -1.00 e. The fourth-order valence-electron chi connectivity index (χ4n) is 2.47. The van der Waals surface area contributed by atoms with Crippen LogP contribution < -0.4 is 27.2 Å². The van der Waals surface area contributed by atoms with Gasteiger partial charge in [-0.3, -0.25) is 0 Å². The molecule has 3 rings (SSSR count).